The summed E-state index contributed by atoms with van der Waals surface area (Å²) in [5, 5.41) is 2.96. The Morgan fingerprint density at radius 3 is 2.61 bits per heavy atom. The van der Waals surface area contributed by atoms with E-state index in [0.717, 1.165) is 24.8 Å². The molecule has 1 aromatic carbocycles. The molecule has 0 radical (unpaired) electrons. The van der Waals surface area contributed by atoms with Gasteiger partial charge in [-0.3, -0.25) is 4.79 Å². The van der Waals surface area contributed by atoms with E-state index in [1.807, 2.05) is 31.2 Å². The first-order valence-electron chi connectivity index (χ1n) is 8.25. The highest BCUT2D eigenvalue weighted by Crippen LogP contribution is 2.23. The average molecular weight is 315 g/mol. The third kappa shape index (κ3) is 5.89. The van der Waals surface area contributed by atoms with Gasteiger partial charge in [-0.15, -0.1) is 0 Å². The molecular weight excluding hydrogens is 290 g/mol. The van der Waals surface area contributed by atoms with Crippen molar-refractivity contribution < 1.29 is 14.3 Å². The average Bonchev–Trinajstić information content (AvgIpc) is 2.54. The number of esters is 1. The van der Waals surface area contributed by atoms with Crippen molar-refractivity contribution in [3.8, 4) is 0 Å². The van der Waals surface area contributed by atoms with Gasteiger partial charge in [0.05, 0.1) is 0 Å². The SMILES string of the molecule is Cc1ccc(/C=C/C(=O)OCC(=O)N[C@@H]2CCCC[C@H]2C)cc1. The van der Waals surface area contributed by atoms with Crippen LogP contribution in [-0.4, -0.2) is 24.5 Å². The number of rotatable bonds is 5. The highest BCUT2D eigenvalue weighted by Gasteiger charge is 2.22. The Hall–Kier alpha value is -2.10. The molecule has 0 aromatic heterocycles. The lowest BCUT2D eigenvalue weighted by Crippen LogP contribution is -2.42. The Kier molecular flexibility index (Phi) is 6.39. The van der Waals surface area contributed by atoms with Crippen LogP contribution in [0.4, 0.5) is 0 Å². The lowest BCUT2D eigenvalue weighted by molar-refractivity contribution is -0.144. The summed E-state index contributed by atoms with van der Waals surface area (Å²) in [6.07, 6.45) is 7.56. The van der Waals surface area contributed by atoms with Crippen LogP contribution in [-0.2, 0) is 14.3 Å². The minimum atomic E-state index is -0.502. The van der Waals surface area contributed by atoms with Crippen molar-refractivity contribution in [2.45, 2.75) is 45.6 Å². The van der Waals surface area contributed by atoms with Crippen LogP contribution in [0.15, 0.2) is 30.3 Å². The lowest BCUT2D eigenvalue weighted by Gasteiger charge is -2.29. The lowest BCUT2D eigenvalue weighted by atomic mass is 9.86. The van der Waals surface area contributed by atoms with Crippen molar-refractivity contribution in [1.82, 2.24) is 5.32 Å². The van der Waals surface area contributed by atoms with Crippen LogP contribution in [0.3, 0.4) is 0 Å². The zero-order valence-electron chi connectivity index (χ0n) is 13.9. The fourth-order valence-electron chi connectivity index (χ4n) is 2.81. The number of hydrogen-bond donors (Lipinski definition) is 1. The number of aryl methyl sites for hydroxylation is 1. The largest absolute Gasteiger partial charge is 0.452 e. The molecule has 1 aliphatic carbocycles. The van der Waals surface area contributed by atoms with Gasteiger partial charge in [0.15, 0.2) is 6.61 Å². The monoisotopic (exact) mass is 315 g/mol. The number of nitrogens with one attached hydrogen (secondary N) is 1. The first kappa shape index (κ1) is 17.3. The van der Waals surface area contributed by atoms with E-state index in [1.165, 1.54) is 18.1 Å². The normalized spacial score (nSPS) is 21.1. The third-order valence-electron chi connectivity index (χ3n) is 4.29. The zero-order chi connectivity index (χ0) is 16.7. The van der Waals surface area contributed by atoms with Crippen molar-refractivity contribution in [2.75, 3.05) is 6.61 Å². The summed E-state index contributed by atoms with van der Waals surface area (Å²) in [7, 11) is 0. The smallest absolute Gasteiger partial charge is 0.331 e. The standard InChI is InChI=1S/C19H25NO3/c1-14-7-9-16(10-8-14)11-12-19(22)23-13-18(21)20-17-6-4-3-5-15(17)2/h7-12,15,17H,3-6,13H2,1-2H3,(H,20,21)/b12-11+/t15-,17-/m1/s1. The molecule has 0 spiro atoms. The van der Waals surface area contributed by atoms with Crippen LogP contribution in [0.1, 0.15) is 43.7 Å². The molecular formula is C19H25NO3. The van der Waals surface area contributed by atoms with E-state index in [4.69, 9.17) is 4.74 Å². The molecule has 1 aromatic rings. The van der Waals surface area contributed by atoms with E-state index in [9.17, 15) is 9.59 Å². The van der Waals surface area contributed by atoms with Crippen LogP contribution in [0.25, 0.3) is 6.08 Å². The van der Waals surface area contributed by atoms with E-state index in [1.54, 1.807) is 6.08 Å². The molecule has 1 N–H and O–H groups in total. The number of carbonyl (C=O) groups excluding carboxylic acids is 2. The Morgan fingerprint density at radius 1 is 1.22 bits per heavy atom. The molecule has 1 fully saturated rings. The van der Waals surface area contributed by atoms with Gasteiger partial charge in [-0.05, 0) is 37.3 Å². The van der Waals surface area contributed by atoms with Crippen LogP contribution >= 0.6 is 0 Å². The van der Waals surface area contributed by atoms with Gasteiger partial charge < -0.3 is 10.1 Å². The summed E-state index contributed by atoms with van der Waals surface area (Å²) in [5.41, 5.74) is 2.09. The molecule has 0 aliphatic heterocycles. The second-order valence-electron chi connectivity index (χ2n) is 6.29. The fourth-order valence-corrected chi connectivity index (χ4v) is 2.81. The summed E-state index contributed by atoms with van der Waals surface area (Å²) in [4.78, 5) is 23.5. The Bertz CT molecular complexity index is 562. The highest BCUT2D eigenvalue weighted by atomic mass is 16.5. The third-order valence-corrected chi connectivity index (χ3v) is 4.29. The van der Waals surface area contributed by atoms with Crippen LogP contribution in [0.5, 0.6) is 0 Å². The molecule has 4 nitrogen and oxygen atoms in total. The number of ether oxygens (including phenoxy) is 1. The van der Waals surface area contributed by atoms with Crippen LogP contribution in [0.2, 0.25) is 0 Å². The molecule has 2 atom stereocenters. The van der Waals surface area contributed by atoms with Gasteiger partial charge in [0, 0.05) is 12.1 Å². The highest BCUT2D eigenvalue weighted by molar-refractivity contribution is 5.89. The van der Waals surface area contributed by atoms with Gasteiger partial charge in [0.25, 0.3) is 5.91 Å². The maximum atomic E-state index is 11.9. The van der Waals surface area contributed by atoms with E-state index in [0.29, 0.717) is 5.92 Å². The Labute approximate surface area is 137 Å². The van der Waals surface area contributed by atoms with Crippen LogP contribution < -0.4 is 5.32 Å². The van der Waals surface area contributed by atoms with Crippen molar-refractivity contribution in [1.29, 1.82) is 0 Å². The molecule has 1 amide bonds. The predicted octanol–water partition coefficient (Wildman–Crippen LogP) is 3.25. The van der Waals surface area contributed by atoms with Gasteiger partial charge in [0.2, 0.25) is 0 Å². The van der Waals surface area contributed by atoms with Crippen molar-refractivity contribution in [2.24, 2.45) is 5.92 Å². The van der Waals surface area contributed by atoms with Gasteiger partial charge in [0.1, 0.15) is 0 Å². The predicted molar refractivity (Wildman–Crippen MR) is 90.7 cm³/mol. The minimum absolute atomic E-state index is 0.207. The number of carbonyl (C=O) groups is 2. The molecule has 23 heavy (non-hydrogen) atoms. The second kappa shape index (κ2) is 8.51. The van der Waals surface area contributed by atoms with Gasteiger partial charge >= 0.3 is 5.97 Å². The van der Waals surface area contributed by atoms with Gasteiger partial charge in [-0.1, -0.05) is 49.6 Å². The van der Waals surface area contributed by atoms with Crippen molar-refractivity contribution in [3.63, 3.8) is 0 Å². The molecule has 124 valence electrons. The molecule has 0 bridgehead atoms. The summed E-state index contributed by atoms with van der Waals surface area (Å²) in [5.74, 6) is -0.233. The molecule has 4 heteroatoms. The molecule has 2 rings (SSSR count). The maximum Gasteiger partial charge on any atom is 0.331 e. The fraction of sp³-hybridized carbons (Fsp3) is 0.474. The number of benzene rings is 1. The van der Waals surface area contributed by atoms with E-state index >= 15 is 0 Å². The van der Waals surface area contributed by atoms with Gasteiger partial charge in [-0.25, -0.2) is 4.79 Å². The maximum absolute atomic E-state index is 11.9. The summed E-state index contributed by atoms with van der Waals surface area (Å²) in [6.45, 7) is 3.94. The van der Waals surface area contributed by atoms with Crippen molar-refractivity contribution in [3.05, 3.63) is 41.5 Å². The quantitative estimate of drug-likeness (QED) is 0.670. The van der Waals surface area contributed by atoms with Crippen molar-refractivity contribution >= 4 is 18.0 Å². The van der Waals surface area contributed by atoms with Gasteiger partial charge in [-0.2, -0.15) is 0 Å². The first-order valence-corrected chi connectivity index (χ1v) is 8.25. The number of amides is 1. The molecule has 1 saturated carbocycles. The van der Waals surface area contributed by atoms with E-state index in [2.05, 4.69) is 12.2 Å². The Balaban J connectivity index is 1.73. The molecule has 1 aliphatic rings. The topological polar surface area (TPSA) is 55.4 Å². The molecule has 0 unspecified atom stereocenters. The van der Waals surface area contributed by atoms with Crippen LogP contribution in [0, 0.1) is 12.8 Å². The summed E-state index contributed by atoms with van der Waals surface area (Å²) in [6, 6.07) is 8.01. The molecule has 0 saturated heterocycles. The first-order chi connectivity index (χ1) is 11.0. The summed E-state index contributed by atoms with van der Waals surface area (Å²) >= 11 is 0. The number of hydrogen-bond acceptors (Lipinski definition) is 3. The Morgan fingerprint density at radius 2 is 1.91 bits per heavy atom. The second-order valence-corrected chi connectivity index (χ2v) is 6.29. The minimum Gasteiger partial charge on any atom is -0.452 e. The zero-order valence-corrected chi connectivity index (χ0v) is 13.9. The van der Waals surface area contributed by atoms with E-state index in [-0.39, 0.29) is 18.6 Å². The molecule has 0 heterocycles. The van der Waals surface area contributed by atoms with E-state index < -0.39 is 5.97 Å². The summed E-state index contributed by atoms with van der Waals surface area (Å²) < 4.78 is 4.99.